The standard InChI is InChI=1S/C23H22N2OS/c1-16-11-13-18(14-12-16)27-21-10-5-7-17-6-4-9-19(22(17)21)25-23(26)20-8-2-3-15-24-20/h2-3,5,7-8,10-15,19H,4,6,9H2,1H3,(H,25,26). The molecule has 4 rings (SSSR count). The highest BCUT2D eigenvalue weighted by molar-refractivity contribution is 7.99. The Balaban J connectivity index is 1.62. The normalized spacial score (nSPS) is 15.8. The minimum absolute atomic E-state index is 0.0254. The van der Waals surface area contributed by atoms with E-state index in [1.807, 2.05) is 12.1 Å². The summed E-state index contributed by atoms with van der Waals surface area (Å²) in [5.74, 6) is -0.108. The van der Waals surface area contributed by atoms with Gasteiger partial charge in [0.1, 0.15) is 5.69 Å². The molecule has 1 aliphatic carbocycles. The lowest BCUT2D eigenvalue weighted by Crippen LogP contribution is -2.31. The minimum atomic E-state index is -0.108. The van der Waals surface area contributed by atoms with Gasteiger partial charge in [0, 0.05) is 16.0 Å². The molecular formula is C23H22N2OS. The fraction of sp³-hybridized carbons (Fsp3) is 0.217. The van der Waals surface area contributed by atoms with Gasteiger partial charge in [0.05, 0.1) is 6.04 Å². The summed E-state index contributed by atoms with van der Waals surface area (Å²) in [6.45, 7) is 2.10. The minimum Gasteiger partial charge on any atom is -0.344 e. The zero-order chi connectivity index (χ0) is 18.6. The quantitative estimate of drug-likeness (QED) is 0.669. The number of carbonyl (C=O) groups excluding carboxylic acids is 1. The van der Waals surface area contributed by atoms with Gasteiger partial charge in [-0.1, -0.05) is 47.7 Å². The van der Waals surface area contributed by atoms with E-state index >= 15 is 0 Å². The van der Waals surface area contributed by atoms with Crippen LogP contribution >= 0.6 is 11.8 Å². The molecule has 3 aromatic rings. The lowest BCUT2D eigenvalue weighted by atomic mass is 9.87. The Morgan fingerprint density at radius 2 is 1.93 bits per heavy atom. The predicted molar refractivity (Wildman–Crippen MR) is 109 cm³/mol. The van der Waals surface area contributed by atoms with E-state index in [9.17, 15) is 4.79 Å². The van der Waals surface area contributed by atoms with Gasteiger partial charge in [-0.25, -0.2) is 0 Å². The average Bonchev–Trinajstić information content (AvgIpc) is 2.70. The molecule has 1 amide bonds. The number of pyridine rings is 1. The molecule has 0 saturated carbocycles. The summed E-state index contributed by atoms with van der Waals surface area (Å²) in [6, 6.07) is 20.5. The van der Waals surface area contributed by atoms with Crippen molar-refractivity contribution < 1.29 is 4.79 Å². The summed E-state index contributed by atoms with van der Waals surface area (Å²) in [6.07, 6.45) is 4.76. The SMILES string of the molecule is Cc1ccc(Sc2cccc3c2C(NC(=O)c2ccccn2)CCC3)cc1. The predicted octanol–water partition coefficient (Wildman–Crippen LogP) is 5.35. The average molecular weight is 375 g/mol. The highest BCUT2D eigenvalue weighted by Gasteiger charge is 2.25. The summed E-state index contributed by atoms with van der Waals surface area (Å²) in [4.78, 5) is 19.3. The number of nitrogens with one attached hydrogen (secondary N) is 1. The second-order valence-corrected chi connectivity index (χ2v) is 7.99. The Morgan fingerprint density at radius 3 is 2.70 bits per heavy atom. The van der Waals surface area contributed by atoms with Crippen molar-refractivity contribution in [1.29, 1.82) is 0 Å². The summed E-state index contributed by atoms with van der Waals surface area (Å²) in [5, 5.41) is 3.21. The van der Waals surface area contributed by atoms with Crippen molar-refractivity contribution in [2.75, 3.05) is 0 Å². The maximum atomic E-state index is 12.6. The number of aryl methyl sites for hydroxylation is 2. The highest BCUT2D eigenvalue weighted by atomic mass is 32.2. The van der Waals surface area contributed by atoms with E-state index in [-0.39, 0.29) is 11.9 Å². The van der Waals surface area contributed by atoms with Gasteiger partial charge in [-0.15, -0.1) is 0 Å². The van der Waals surface area contributed by atoms with Crippen molar-refractivity contribution >= 4 is 17.7 Å². The van der Waals surface area contributed by atoms with Gasteiger partial charge in [-0.05, 0) is 67.6 Å². The monoisotopic (exact) mass is 374 g/mol. The largest absolute Gasteiger partial charge is 0.344 e. The van der Waals surface area contributed by atoms with Gasteiger partial charge in [0.15, 0.2) is 0 Å². The Hall–Kier alpha value is -2.59. The first-order valence-electron chi connectivity index (χ1n) is 9.29. The second-order valence-electron chi connectivity index (χ2n) is 6.88. The van der Waals surface area contributed by atoms with Crippen molar-refractivity contribution in [2.45, 2.75) is 42.0 Å². The maximum absolute atomic E-state index is 12.6. The fourth-order valence-corrected chi connectivity index (χ4v) is 4.60. The Bertz CT molecular complexity index is 938. The van der Waals surface area contributed by atoms with E-state index < -0.39 is 0 Å². The first kappa shape index (κ1) is 17.8. The third-order valence-corrected chi connectivity index (χ3v) is 5.98. The number of rotatable bonds is 4. The molecule has 1 N–H and O–H groups in total. The van der Waals surface area contributed by atoms with E-state index in [0.717, 1.165) is 19.3 Å². The van der Waals surface area contributed by atoms with Crippen LogP contribution < -0.4 is 5.32 Å². The molecule has 0 aliphatic heterocycles. The van der Waals surface area contributed by atoms with Crippen molar-refractivity contribution in [2.24, 2.45) is 0 Å². The summed E-state index contributed by atoms with van der Waals surface area (Å²) in [7, 11) is 0. The molecule has 0 spiro atoms. The molecule has 1 atom stereocenters. The zero-order valence-electron chi connectivity index (χ0n) is 15.3. The van der Waals surface area contributed by atoms with Gasteiger partial charge < -0.3 is 5.32 Å². The number of carbonyl (C=O) groups is 1. The molecule has 136 valence electrons. The Labute approximate surface area is 164 Å². The number of hydrogen-bond acceptors (Lipinski definition) is 3. The van der Waals surface area contributed by atoms with E-state index in [0.29, 0.717) is 5.69 Å². The van der Waals surface area contributed by atoms with Crippen LogP contribution in [0.15, 0.2) is 76.7 Å². The van der Waals surface area contributed by atoms with Gasteiger partial charge in [-0.2, -0.15) is 0 Å². The van der Waals surface area contributed by atoms with E-state index in [2.05, 4.69) is 59.7 Å². The molecule has 1 aliphatic rings. The Morgan fingerprint density at radius 1 is 1.07 bits per heavy atom. The van der Waals surface area contributed by atoms with Crippen LogP contribution in [-0.2, 0) is 6.42 Å². The molecule has 0 saturated heterocycles. The number of fused-ring (bicyclic) bond motifs is 1. The van der Waals surface area contributed by atoms with Gasteiger partial charge >= 0.3 is 0 Å². The van der Waals surface area contributed by atoms with Crippen LogP contribution in [0, 0.1) is 6.92 Å². The first-order chi connectivity index (χ1) is 13.2. The highest BCUT2D eigenvalue weighted by Crippen LogP contribution is 2.40. The summed E-state index contributed by atoms with van der Waals surface area (Å²) < 4.78 is 0. The van der Waals surface area contributed by atoms with E-state index in [4.69, 9.17) is 0 Å². The molecular weight excluding hydrogens is 352 g/mol. The molecule has 2 aromatic carbocycles. The molecule has 1 heterocycles. The number of nitrogens with zero attached hydrogens (tertiary/aromatic N) is 1. The number of amides is 1. The van der Waals surface area contributed by atoms with Crippen LogP contribution in [-0.4, -0.2) is 10.9 Å². The molecule has 1 aromatic heterocycles. The molecule has 4 heteroatoms. The van der Waals surface area contributed by atoms with E-state index in [1.54, 1.807) is 24.0 Å². The molecule has 0 fully saturated rings. The lowest BCUT2D eigenvalue weighted by molar-refractivity contribution is 0.0927. The van der Waals surface area contributed by atoms with E-state index in [1.165, 1.54) is 26.5 Å². The van der Waals surface area contributed by atoms with Crippen LogP contribution in [0.25, 0.3) is 0 Å². The summed E-state index contributed by atoms with van der Waals surface area (Å²) in [5.41, 5.74) is 4.33. The molecule has 27 heavy (non-hydrogen) atoms. The number of hydrogen-bond donors (Lipinski definition) is 1. The van der Waals surface area contributed by atoms with Crippen LogP contribution in [0.1, 0.15) is 46.1 Å². The summed E-state index contributed by atoms with van der Waals surface area (Å²) >= 11 is 1.77. The van der Waals surface area contributed by atoms with Crippen LogP contribution in [0.2, 0.25) is 0 Å². The van der Waals surface area contributed by atoms with Crippen LogP contribution in [0.4, 0.5) is 0 Å². The molecule has 1 unspecified atom stereocenters. The first-order valence-corrected chi connectivity index (χ1v) is 10.1. The Kier molecular flexibility index (Phi) is 5.26. The van der Waals surface area contributed by atoms with Crippen molar-refractivity contribution in [3.05, 3.63) is 89.2 Å². The van der Waals surface area contributed by atoms with Crippen LogP contribution in [0.5, 0.6) is 0 Å². The number of aromatic nitrogens is 1. The van der Waals surface area contributed by atoms with Crippen molar-refractivity contribution in [3.63, 3.8) is 0 Å². The van der Waals surface area contributed by atoms with Crippen molar-refractivity contribution in [3.8, 4) is 0 Å². The number of benzene rings is 2. The van der Waals surface area contributed by atoms with Gasteiger partial charge in [-0.3, -0.25) is 9.78 Å². The van der Waals surface area contributed by atoms with Gasteiger partial charge in [0.2, 0.25) is 0 Å². The third-order valence-electron chi connectivity index (χ3n) is 4.90. The fourth-order valence-electron chi connectivity index (χ4n) is 3.54. The van der Waals surface area contributed by atoms with Crippen LogP contribution in [0.3, 0.4) is 0 Å². The maximum Gasteiger partial charge on any atom is 0.270 e. The molecule has 0 bridgehead atoms. The smallest absolute Gasteiger partial charge is 0.270 e. The van der Waals surface area contributed by atoms with Crippen molar-refractivity contribution in [1.82, 2.24) is 10.3 Å². The molecule has 0 radical (unpaired) electrons. The third kappa shape index (κ3) is 4.06. The van der Waals surface area contributed by atoms with Gasteiger partial charge in [0.25, 0.3) is 5.91 Å². The zero-order valence-corrected chi connectivity index (χ0v) is 16.1. The lowest BCUT2D eigenvalue weighted by Gasteiger charge is -2.28. The molecule has 3 nitrogen and oxygen atoms in total. The topological polar surface area (TPSA) is 42.0 Å². The second kappa shape index (κ2) is 7.97.